The van der Waals surface area contributed by atoms with Crippen LogP contribution >= 0.6 is 0 Å². The topological polar surface area (TPSA) is 84.6 Å². The van der Waals surface area contributed by atoms with E-state index in [1.807, 2.05) is 13.0 Å². The molecule has 0 N–H and O–H groups in total. The lowest BCUT2D eigenvalue weighted by atomic mass is 10.2. The number of amides is 2. The third-order valence-electron chi connectivity index (χ3n) is 5.68. The standard InChI is InChI=1S/C23H24N4O4/c1-16-6-5-7-18(14-16)27-22(30)19-8-3-4-9-20(19)26(23(27)31)15-21(29)25-12-10-24(11-13-25)17(2)28/h3-9,14H,10-13,15H2,1-2H3. The van der Waals surface area contributed by atoms with Crippen molar-refractivity contribution in [3.05, 3.63) is 74.9 Å². The molecule has 2 aromatic carbocycles. The number of benzene rings is 2. The minimum absolute atomic E-state index is 0.0143. The number of fused-ring (bicyclic) bond motifs is 1. The second-order valence-corrected chi connectivity index (χ2v) is 7.75. The fourth-order valence-electron chi connectivity index (χ4n) is 3.97. The maximum Gasteiger partial charge on any atom is 0.336 e. The molecule has 1 saturated heterocycles. The van der Waals surface area contributed by atoms with Gasteiger partial charge in [-0.15, -0.1) is 0 Å². The van der Waals surface area contributed by atoms with Crippen molar-refractivity contribution in [2.45, 2.75) is 20.4 Å². The highest BCUT2D eigenvalue weighted by atomic mass is 16.2. The maximum absolute atomic E-state index is 13.4. The first-order chi connectivity index (χ1) is 14.9. The molecule has 3 aromatic rings. The van der Waals surface area contributed by atoms with Gasteiger partial charge in [0.15, 0.2) is 0 Å². The minimum atomic E-state index is -0.551. The van der Waals surface area contributed by atoms with Gasteiger partial charge in [0.25, 0.3) is 5.56 Å². The summed E-state index contributed by atoms with van der Waals surface area (Å²) in [7, 11) is 0. The van der Waals surface area contributed by atoms with Crippen LogP contribution in [0.15, 0.2) is 58.1 Å². The maximum atomic E-state index is 13.4. The van der Waals surface area contributed by atoms with Crippen molar-refractivity contribution < 1.29 is 9.59 Å². The number of hydrogen-bond acceptors (Lipinski definition) is 4. The molecule has 1 aliphatic heterocycles. The first kappa shape index (κ1) is 20.6. The summed E-state index contributed by atoms with van der Waals surface area (Å²) in [6, 6.07) is 14.0. The second-order valence-electron chi connectivity index (χ2n) is 7.75. The zero-order chi connectivity index (χ0) is 22.1. The lowest BCUT2D eigenvalue weighted by Gasteiger charge is -2.34. The average molecular weight is 420 g/mol. The number of aromatic nitrogens is 2. The molecule has 31 heavy (non-hydrogen) atoms. The quantitative estimate of drug-likeness (QED) is 0.636. The van der Waals surface area contributed by atoms with E-state index in [9.17, 15) is 19.2 Å². The van der Waals surface area contributed by atoms with Gasteiger partial charge < -0.3 is 9.80 Å². The van der Waals surface area contributed by atoms with Crippen LogP contribution in [0.1, 0.15) is 12.5 Å². The fourth-order valence-corrected chi connectivity index (χ4v) is 3.97. The van der Waals surface area contributed by atoms with Gasteiger partial charge in [0.05, 0.1) is 16.6 Å². The molecule has 1 aromatic heterocycles. The van der Waals surface area contributed by atoms with Crippen LogP contribution in [-0.4, -0.2) is 56.9 Å². The first-order valence-corrected chi connectivity index (χ1v) is 10.2. The van der Waals surface area contributed by atoms with Gasteiger partial charge in [0, 0.05) is 33.1 Å². The molecule has 160 valence electrons. The highest BCUT2D eigenvalue weighted by Crippen LogP contribution is 2.12. The summed E-state index contributed by atoms with van der Waals surface area (Å²) in [5.74, 6) is -0.232. The Hall–Kier alpha value is -3.68. The Morgan fingerprint density at radius 2 is 1.58 bits per heavy atom. The molecule has 0 radical (unpaired) electrons. The summed E-state index contributed by atoms with van der Waals surface area (Å²) in [4.78, 5) is 54.4. The van der Waals surface area contributed by atoms with Gasteiger partial charge in [-0.3, -0.25) is 19.0 Å². The number of hydrogen-bond donors (Lipinski definition) is 0. The van der Waals surface area contributed by atoms with E-state index in [2.05, 4.69) is 0 Å². The van der Waals surface area contributed by atoms with Crippen LogP contribution in [0, 0.1) is 6.92 Å². The fraction of sp³-hybridized carbons (Fsp3) is 0.304. The Kier molecular flexibility index (Phi) is 5.46. The zero-order valence-corrected chi connectivity index (χ0v) is 17.6. The molecular formula is C23H24N4O4. The van der Waals surface area contributed by atoms with Crippen molar-refractivity contribution in [3.63, 3.8) is 0 Å². The lowest BCUT2D eigenvalue weighted by molar-refractivity contribution is -0.138. The van der Waals surface area contributed by atoms with E-state index in [1.165, 1.54) is 11.5 Å². The van der Waals surface area contributed by atoms with Gasteiger partial charge >= 0.3 is 5.69 Å². The number of carbonyl (C=O) groups is 2. The number of carbonyl (C=O) groups excluding carboxylic acids is 2. The molecule has 0 saturated carbocycles. The summed E-state index contributed by atoms with van der Waals surface area (Å²) in [5.41, 5.74) is 0.854. The SMILES string of the molecule is CC(=O)N1CCN(C(=O)Cn2c(=O)n(-c3cccc(C)c3)c(=O)c3ccccc32)CC1. The van der Waals surface area contributed by atoms with Gasteiger partial charge in [-0.25, -0.2) is 9.36 Å². The van der Waals surface area contributed by atoms with E-state index in [-0.39, 0.29) is 18.4 Å². The van der Waals surface area contributed by atoms with Crippen LogP contribution < -0.4 is 11.2 Å². The van der Waals surface area contributed by atoms with E-state index < -0.39 is 11.2 Å². The van der Waals surface area contributed by atoms with Crippen LogP contribution in [0.2, 0.25) is 0 Å². The van der Waals surface area contributed by atoms with Crippen molar-refractivity contribution in [1.82, 2.24) is 18.9 Å². The summed E-state index contributed by atoms with van der Waals surface area (Å²) in [6.45, 7) is 5.01. The number of piperazine rings is 1. The smallest absolute Gasteiger partial charge is 0.336 e. The van der Waals surface area contributed by atoms with Gasteiger partial charge in [-0.2, -0.15) is 0 Å². The first-order valence-electron chi connectivity index (χ1n) is 10.2. The number of para-hydroxylation sites is 1. The normalized spacial score (nSPS) is 14.1. The van der Waals surface area contributed by atoms with Crippen molar-refractivity contribution >= 4 is 22.7 Å². The molecule has 0 bridgehead atoms. The number of nitrogens with zero attached hydrogens (tertiary/aromatic N) is 4. The summed E-state index contributed by atoms with van der Waals surface area (Å²) in [6.07, 6.45) is 0. The molecule has 0 aliphatic carbocycles. The zero-order valence-electron chi connectivity index (χ0n) is 17.6. The Balaban J connectivity index is 1.76. The van der Waals surface area contributed by atoms with E-state index in [1.54, 1.807) is 52.3 Å². The molecule has 4 rings (SSSR count). The molecule has 8 nitrogen and oxygen atoms in total. The van der Waals surface area contributed by atoms with Crippen LogP contribution in [0.5, 0.6) is 0 Å². The van der Waals surface area contributed by atoms with E-state index in [0.29, 0.717) is 42.8 Å². The van der Waals surface area contributed by atoms with Crippen LogP contribution in [0.25, 0.3) is 16.6 Å². The second kappa shape index (κ2) is 8.22. The van der Waals surface area contributed by atoms with Crippen LogP contribution in [-0.2, 0) is 16.1 Å². The van der Waals surface area contributed by atoms with Crippen molar-refractivity contribution in [2.75, 3.05) is 26.2 Å². The summed E-state index contributed by atoms with van der Waals surface area (Å²) >= 11 is 0. The molecule has 1 aliphatic rings. The van der Waals surface area contributed by atoms with Gasteiger partial charge in [0.2, 0.25) is 11.8 Å². The highest BCUT2D eigenvalue weighted by Gasteiger charge is 2.24. The van der Waals surface area contributed by atoms with E-state index in [4.69, 9.17) is 0 Å². The largest absolute Gasteiger partial charge is 0.339 e. The molecule has 8 heteroatoms. The van der Waals surface area contributed by atoms with Gasteiger partial charge in [0.1, 0.15) is 6.54 Å². The molecule has 2 amide bonds. The summed E-state index contributed by atoms with van der Waals surface area (Å²) < 4.78 is 2.48. The Labute approximate surface area is 178 Å². The molecule has 0 spiro atoms. The third kappa shape index (κ3) is 3.88. The van der Waals surface area contributed by atoms with Crippen molar-refractivity contribution in [2.24, 2.45) is 0 Å². The minimum Gasteiger partial charge on any atom is -0.339 e. The lowest BCUT2D eigenvalue weighted by Crippen LogP contribution is -2.51. The van der Waals surface area contributed by atoms with Crippen LogP contribution in [0.4, 0.5) is 0 Å². The number of rotatable bonds is 3. The molecule has 2 heterocycles. The predicted octanol–water partition coefficient (Wildman–Crippen LogP) is 1.15. The van der Waals surface area contributed by atoms with Crippen molar-refractivity contribution in [1.29, 1.82) is 0 Å². The van der Waals surface area contributed by atoms with E-state index in [0.717, 1.165) is 10.1 Å². The Bertz CT molecular complexity index is 1280. The molecule has 1 fully saturated rings. The predicted molar refractivity (Wildman–Crippen MR) is 117 cm³/mol. The summed E-state index contributed by atoms with van der Waals surface area (Å²) in [5, 5.41) is 0.373. The molecule has 0 unspecified atom stereocenters. The Morgan fingerprint density at radius 3 is 2.26 bits per heavy atom. The van der Waals surface area contributed by atoms with Crippen molar-refractivity contribution in [3.8, 4) is 5.69 Å². The Morgan fingerprint density at radius 1 is 0.903 bits per heavy atom. The average Bonchev–Trinajstić information content (AvgIpc) is 2.77. The van der Waals surface area contributed by atoms with Crippen LogP contribution in [0.3, 0.4) is 0 Å². The van der Waals surface area contributed by atoms with Gasteiger partial charge in [-0.05, 0) is 36.8 Å². The molecule has 0 atom stereocenters. The third-order valence-corrected chi connectivity index (χ3v) is 5.68. The highest BCUT2D eigenvalue weighted by molar-refractivity contribution is 5.82. The van der Waals surface area contributed by atoms with Gasteiger partial charge in [-0.1, -0.05) is 24.3 Å². The van der Waals surface area contributed by atoms with E-state index >= 15 is 0 Å². The monoisotopic (exact) mass is 420 g/mol. The molecular weight excluding hydrogens is 396 g/mol. The number of aryl methyl sites for hydroxylation is 1.